The third-order valence-electron chi connectivity index (χ3n) is 3.16. The highest BCUT2D eigenvalue weighted by Gasteiger charge is 2.15. The van der Waals surface area contributed by atoms with Crippen LogP contribution in [0, 0.1) is 12.8 Å². The van der Waals surface area contributed by atoms with Crippen molar-refractivity contribution in [1.82, 2.24) is 25.3 Å². The van der Waals surface area contributed by atoms with Gasteiger partial charge in [0.2, 0.25) is 11.8 Å². The fourth-order valence-electron chi connectivity index (χ4n) is 2.04. The van der Waals surface area contributed by atoms with Gasteiger partial charge in [-0.1, -0.05) is 13.8 Å². The molecule has 0 fully saturated rings. The van der Waals surface area contributed by atoms with Crippen LogP contribution in [-0.4, -0.2) is 32.4 Å². The summed E-state index contributed by atoms with van der Waals surface area (Å²) in [5, 5.41) is 15.3. The van der Waals surface area contributed by atoms with Crippen molar-refractivity contribution in [2.75, 3.05) is 6.54 Å². The van der Waals surface area contributed by atoms with Crippen LogP contribution in [0.5, 0.6) is 0 Å². The van der Waals surface area contributed by atoms with Crippen LogP contribution in [-0.2, 0) is 17.8 Å². The first-order valence-electron chi connectivity index (χ1n) is 7.63. The summed E-state index contributed by atoms with van der Waals surface area (Å²) >= 11 is 0. The fraction of sp³-hybridized carbons (Fsp3) is 0.600. The molecule has 0 radical (unpaired) electrons. The molecule has 2 heterocycles. The van der Waals surface area contributed by atoms with E-state index in [4.69, 9.17) is 4.42 Å². The highest BCUT2D eigenvalue weighted by atomic mass is 16.4. The van der Waals surface area contributed by atoms with Crippen LogP contribution in [0.4, 0.5) is 0 Å². The molecule has 0 atom stereocenters. The van der Waals surface area contributed by atoms with E-state index >= 15 is 0 Å². The average Bonchev–Trinajstić information content (AvgIpc) is 3.08. The van der Waals surface area contributed by atoms with Gasteiger partial charge in [-0.3, -0.25) is 9.48 Å². The van der Waals surface area contributed by atoms with Crippen molar-refractivity contribution in [2.24, 2.45) is 5.92 Å². The second-order valence-electron chi connectivity index (χ2n) is 5.69. The number of nitrogens with one attached hydrogen (secondary N) is 1. The largest absolute Gasteiger partial charge is 0.419 e. The average molecular weight is 305 g/mol. The lowest BCUT2D eigenvalue weighted by molar-refractivity contribution is -0.121. The molecule has 2 rings (SSSR count). The zero-order valence-corrected chi connectivity index (χ0v) is 13.6. The van der Waals surface area contributed by atoms with E-state index in [0.29, 0.717) is 37.1 Å². The van der Waals surface area contributed by atoms with Crippen molar-refractivity contribution in [3.05, 3.63) is 17.7 Å². The van der Waals surface area contributed by atoms with E-state index in [1.807, 2.05) is 24.6 Å². The maximum absolute atomic E-state index is 11.7. The van der Waals surface area contributed by atoms with Crippen LogP contribution in [0.2, 0.25) is 0 Å². The van der Waals surface area contributed by atoms with Crippen LogP contribution >= 0.6 is 0 Å². The van der Waals surface area contributed by atoms with Gasteiger partial charge in [0.15, 0.2) is 0 Å². The molecule has 120 valence electrons. The molecule has 2 aromatic rings. The molecule has 1 N–H and O–H groups in total. The van der Waals surface area contributed by atoms with Crippen LogP contribution in [0.1, 0.15) is 38.8 Å². The topological polar surface area (TPSA) is 85.8 Å². The molecule has 22 heavy (non-hydrogen) atoms. The SMILES string of the molecule is CCn1nc(C)cc1-c1nnc(CCC(=O)NCC(C)C)o1. The Labute approximate surface area is 130 Å². The van der Waals surface area contributed by atoms with Gasteiger partial charge in [0, 0.05) is 25.9 Å². The summed E-state index contributed by atoms with van der Waals surface area (Å²) in [4.78, 5) is 11.7. The number of amides is 1. The van der Waals surface area contributed by atoms with Crippen LogP contribution in [0.3, 0.4) is 0 Å². The predicted molar refractivity (Wildman–Crippen MR) is 82.1 cm³/mol. The summed E-state index contributed by atoms with van der Waals surface area (Å²) in [7, 11) is 0. The van der Waals surface area contributed by atoms with Gasteiger partial charge in [-0.2, -0.15) is 5.10 Å². The summed E-state index contributed by atoms with van der Waals surface area (Å²) in [6, 6.07) is 1.91. The standard InChI is InChI=1S/C15H23N5O2/c1-5-20-12(8-11(4)19-20)15-18-17-14(22-15)7-6-13(21)16-9-10(2)3/h8,10H,5-7,9H2,1-4H3,(H,16,21). The summed E-state index contributed by atoms with van der Waals surface area (Å²) < 4.78 is 7.46. The monoisotopic (exact) mass is 305 g/mol. The van der Waals surface area contributed by atoms with E-state index in [1.54, 1.807) is 0 Å². The molecule has 0 saturated carbocycles. The third kappa shape index (κ3) is 4.16. The lowest BCUT2D eigenvalue weighted by Crippen LogP contribution is -2.27. The lowest BCUT2D eigenvalue weighted by atomic mass is 10.2. The normalized spacial score (nSPS) is 11.1. The Hall–Kier alpha value is -2.18. The van der Waals surface area contributed by atoms with Crippen molar-refractivity contribution in [3.8, 4) is 11.6 Å². The van der Waals surface area contributed by atoms with E-state index in [1.165, 1.54) is 0 Å². The van der Waals surface area contributed by atoms with Crippen LogP contribution in [0.25, 0.3) is 11.6 Å². The highest BCUT2D eigenvalue weighted by Crippen LogP contribution is 2.19. The van der Waals surface area contributed by atoms with E-state index < -0.39 is 0 Å². The van der Waals surface area contributed by atoms with Gasteiger partial charge in [-0.15, -0.1) is 10.2 Å². The Morgan fingerprint density at radius 2 is 2.18 bits per heavy atom. The number of hydrogen-bond donors (Lipinski definition) is 1. The molecule has 0 unspecified atom stereocenters. The van der Waals surface area contributed by atoms with Crippen molar-refractivity contribution in [1.29, 1.82) is 0 Å². The molecule has 0 spiro atoms. The molecule has 0 aliphatic heterocycles. The van der Waals surface area contributed by atoms with Crippen molar-refractivity contribution >= 4 is 5.91 Å². The van der Waals surface area contributed by atoms with Gasteiger partial charge in [0.1, 0.15) is 5.69 Å². The minimum atomic E-state index is 0.00268. The molecule has 0 aliphatic carbocycles. The Morgan fingerprint density at radius 1 is 1.41 bits per heavy atom. The summed E-state index contributed by atoms with van der Waals surface area (Å²) in [5.74, 6) is 1.36. The first kappa shape index (κ1) is 16.2. The fourth-order valence-corrected chi connectivity index (χ4v) is 2.04. The van der Waals surface area contributed by atoms with Gasteiger partial charge >= 0.3 is 0 Å². The Balaban J connectivity index is 1.95. The number of nitrogens with zero attached hydrogens (tertiary/aromatic N) is 4. The Bertz CT molecular complexity index is 630. The molecule has 0 bridgehead atoms. The molecular weight excluding hydrogens is 282 g/mol. The van der Waals surface area contributed by atoms with Gasteiger partial charge in [0.05, 0.1) is 5.69 Å². The summed E-state index contributed by atoms with van der Waals surface area (Å²) in [6.45, 7) is 9.46. The zero-order valence-electron chi connectivity index (χ0n) is 13.6. The number of aryl methyl sites for hydroxylation is 3. The van der Waals surface area contributed by atoms with Crippen molar-refractivity contribution in [2.45, 2.75) is 47.1 Å². The second-order valence-corrected chi connectivity index (χ2v) is 5.69. The molecular formula is C15H23N5O2. The zero-order chi connectivity index (χ0) is 16.1. The molecule has 7 nitrogen and oxygen atoms in total. The smallest absolute Gasteiger partial charge is 0.265 e. The van der Waals surface area contributed by atoms with Gasteiger partial charge < -0.3 is 9.73 Å². The number of carbonyl (C=O) groups excluding carboxylic acids is 1. The van der Waals surface area contributed by atoms with Crippen LogP contribution < -0.4 is 5.32 Å². The molecule has 0 aliphatic rings. The first-order chi connectivity index (χ1) is 10.5. The van der Waals surface area contributed by atoms with E-state index in [-0.39, 0.29) is 5.91 Å². The molecule has 2 aromatic heterocycles. The number of hydrogen-bond acceptors (Lipinski definition) is 5. The second kappa shape index (κ2) is 7.20. The summed E-state index contributed by atoms with van der Waals surface area (Å²) in [6.07, 6.45) is 0.788. The molecule has 0 saturated heterocycles. The molecule has 1 amide bonds. The van der Waals surface area contributed by atoms with E-state index in [9.17, 15) is 4.79 Å². The maximum atomic E-state index is 11.7. The van der Waals surface area contributed by atoms with Crippen molar-refractivity contribution in [3.63, 3.8) is 0 Å². The minimum absolute atomic E-state index is 0.00268. The highest BCUT2D eigenvalue weighted by molar-refractivity contribution is 5.75. The van der Waals surface area contributed by atoms with E-state index in [2.05, 4.69) is 34.5 Å². The number of aromatic nitrogens is 4. The Kier molecular flexibility index (Phi) is 5.30. The lowest BCUT2D eigenvalue weighted by Gasteiger charge is -2.06. The molecule has 7 heteroatoms. The predicted octanol–water partition coefficient (Wildman–Crippen LogP) is 1.97. The van der Waals surface area contributed by atoms with Gasteiger partial charge in [-0.25, -0.2) is 0 Å². The number of carbonyl (C=O) groups is 1. The first-order valence-corrected chi connectivity index (χ1v) is 7.63. The van der Waals surface area contributed by atoms with E-state index in [0.717, 1.165) is 17.9 Å². The minimum Gasteiger partial charge on any atom is -0.419 e. The summed E-state index contributed by atoms with van der Waals surface area (Å²) in [5.41, 5.74) is 1.72. The third-order valence-corrected chi connectivity index (χ3v) is 3.16. The Morgan fingerprint density at radius 3 is 2.86 bits per heavy atom. The quantitative estimate of drug-likeness (QED) is 0.845. The van der Waals surface area contributed by atoms with Gasteiger partial charge in [-0.05, 0) is 25.8 Å². The van der Waals surface area contributed by atoms with Gasteiger partial charge in [0.25, 0.3) is 5.89 Å². The van der Waals surface area contributed by atoms with Crippen LogP contribution in [0.15, 0.2) is 10.5 Å². The maximum Gasteiger partial charge on any atom is 0.265 e. The number of rotatable bonds is 7. The van der Waals surface area contributed by atoms with Crippen molar-refractivity contribution < 1.29 is 9.21 Å². The molecule has 0 aromatic carbocycles.